The SMILES string of the molecule is C1=CCC(c2cc3ccccc3[nH]2)=C1.CC.CNC(C)C. The second kappa shape index (κ2) is 9.19. The molecule has 1 aromatic heterocycles. The monoisotopic (exact) mass is 284 g/mol. The molecule has 0 atom stereocenters. The molecule has 0 bridgehead atoms. The zero-order valence-electron chi connectivity index (χ0n) is 13.9. The molecule has 1 aliphatic carbocycles. The quantitative estimate of drug-likeness (QED) is 0.784. The van der Waals surface area contributed by atoms with E-state index in [1.54, 1.807) is 0 Å². The summed E-state index contributed by atoms with van der Waals surface area (Å²) in [5, 5.41) is 4.32. The number of allylic oxidation sites excluding steroid dienone is 4. The fourth-order valence-corrected chi connectivity index (χ4v) is 1.89. The zero-order chi connectivity index (χ0) is 15.7. The molecule has 0 spiro atoms. The highest BCUT2D eigenvalue weighted by Crippen LogP contribution is 2.25. The van der Waals surface area contributed by atoms with Crippen molar-refractivity contribution in [1.82, 2.24) is 10.3 Å². The van der Waals surface area contributed by atoms with Gasteiger partial charge in [0.1, 0.15) is 0 Å². The van der Waals surface area contributed by atoms with Gasteiger partial charge >= 0.3 is 0 Å². The van der Waals surface area contributed by atoms with Crippen LogP contribution >= 0.6 is 0 Å². The molecule has 2 N–H and O–H groups in total. The average molecular weight is 284 g/mol. The molecule has 2 aromatic rings. The van der Waals surface area contributed by atoms with E-state index in [0.717, 1.165) is 6.42 Å². The lowest BCUT2D eigenvalue weighted by Gasteiger charge is -1.95. The normalized spacial score (nSPS) is 12.6. The van der Waals surface area contributed by atoms with Crippen LogP contribution in [0.5, 0.6) is 0 Å². The van der Waals surface area contributed by atoms with Crippen molar-refractivity contribution in [3.63, 3.8) is 0 Å². The van der Waals surface area contributed by atoms with Crippen LogP contribution < -0.4 is 5.32 Å². The van der Waals surface area contributed by atoms with E-state index < -0.39 is 0 Å². The van der Waals surface area contributed by atoms with Crippen molar-refractivity contribution in [3.05, 3.63) is 54.3 Å². The predicted molar refractivity (Wildman–Crippen MR) is 95.6 cm³/mol. The predicted octanol–water partition coefficient (Wildman–Crippen LogP) is 5.15. The Kier molecular flexibility index (Phi) is 7.55. The maximum Gasteiger partial charge on any atom is 0.0458 e. The van der Waals surface area contributed by atoms with Crippen molar-refractivity contribution < 1.29 is 0 Å². The van der Waals surface area contributed by atoms with Crippen molar-refractivity contribution in [2.75, 3.05) is 7.05 Å². The number of fused-ring (bicyclic) bond motifs is 1. The van der Waals surface area contributed by atoms with Gasteiger partial charge in [-0.1, -0.05) is 64.1 Å². The van der Waals surface area contributed by atoms with Gasteiger partial charge in [-0.05, 0) is 36.6 Å². The average Bonchev–Trinajstić information content (AvgIpc) is 3.18. The van der Waals surface area contributed by atoms with Crippen molar-refractivity contribution >= 4 is 16.5 Å². The molecule has 3 rings (SSSR count). The van der Waals surface area contributed by atoms with Gasteiger partial charge in [0.2, 0.25) is 0 Å². The molecule has 1 aromatic carbocycles. The largest absolute Gasteiger partial charge is 0.355 e. The van der Waals surface area contributed by atoms with E-state index in [9.17, 15) is 0 Å². The molecule has 1 aliphatic rings. The fraction of sp³-hybridized carbons (Fsp3) is 0.368. The Bertz CT molecular complexity index is 555. The van der Waals surface area contributed by atoms with Gasteiger partial charge in [-0.3, -0.25) is 0 Å². The van der Waals surface area contributed by atoms with Crippen molar-refractivity contribution in [3.8, 4) is 0 Å². The first-order valence-corrected chi connectivity index (χ1v) is 7.82. The summed E-state index contributed by atoms with van der Waals surface area (Å²) in [4.78, 5) is 3.43. The lowest BCUT2D eigenvalue weighted by atomic mass is 10.1. The van der Waals surface area contributed by atoms with Crippen LogP contribution in [0.15, 0.2) is 48.6 Å². The number of aromatic amines is 1. The topological polar surface area (TPSA) is 27.8 Å². The molecular weight excluding hydrogens is 256 g/mol. The third-order valence-electron chi connectivity index (χ3n) is 3.22. The first-order valence-electron chi connectivity index (χ1n) is 7.82. The second-order valence-electron chi connectivity index (χ2n) is 5.04. The van der Waals surface area contributed by atoms with Crippen LogP contribution in [0.4, 0.5) is 0 Å². The standard InChI is InChI=1S/C13H11N.C4H11N.C2H6/c1-2-6-10(5-1)13-9-11-7-3-4-8-12(11)14-13;1-4(2)5-3;1-2/h1-5,7-9,14H,6H2;4-5H,1-3H3;1-2H3. The number of aromatic nitrogens is 1. The Balaban J connectivity index is 0.000000272. The summed E-state index contributed by atoms with van der Waals surface area (Å²) in [6.07, 6.45) is 7.51. The van der Waals surface area contributed by atoms with Crippen LogP contribution in [-0.2, 0) is 0 Å². The minimum Gasteiger partial charge on any atom is -0.355 e. The van der Waals surface area contributed by atoms with Crippen LogP contribution in [0.1, 0.15) is 39.8 Å². The van der Waals surface area contributed by atoms with E-state index in [0.29, 0.717) is 6.04 Å². The summed E-state index contributed by atoms with van der Waals surface area (Å²) in [6.45, 7) is 8.22. The number of benzene rings is 1. The van der Waals surface area contributed by atoms with Crippen LogP contribution in [-0.4, -0.2) is 18.1 Å². The highest BCUT2D eigenvalue weighted by atomic mass is 14.8. The van der Waals surface area contributed by atoms with E-state index in [2.05, 4.69) is 72.7 Å². The van der Waals surface area contributed by atoms with E-state index in [4.69, 9.17) is 0 Å². The van der Waals surface area contributed by atoms with Crippen LogP contribution in [0.25, 0.3) is 16.5 Å². The maximum absolute atomic E-state index is 3.43. The molecule has 0 unspecified atom stereocenters. The van der Waals surface area contributed by atoms with E-state index >= 15 is 0 Å². The van der Waals surface area contributed by atoms with Gasteiger partial charge < -0.3 is 10.3 Å². The number of rotatable bonds is 2. The molecule has 2 nitrogen and oxygen atoms in total. The highest BCUT2D eigenvalue weighted by molar-refractivity contribution is 5.85. The molecule has 0 amide bonds. The van der Waals surface area contributed by atoms with Gasteiger partial charge in [-0.15, -0.1) is 0 Å². The summed E-state index contributed by atoms with van der Waals surface area (Å²) < 4.78 is 0. The smallest absolute Gasteiger partial charge is 0.0458 e. The summed E-state index contributed by atoms with van der Waals surface area (Å²) in [7, 11) is 1.95. The lowest BCUT2D eigenvalue weighted by molar-refractivity contribution is 0.668. The van der Waals surface area contributed by atoms with Crippen LogP contribution in [0.3, 0.4) is 0 Å². The number of hydrogen-bond acceptors (Lipinski definition) is 1. The first kappa shape index (κ1) is 17.3. The van der Waals surface area contributed by atoms with Gasteiger partial charge in [-0.2, -0.15) is 0 Å². The van der Waals surface area contributed by atoms with Gasteiger partial charge in [0.05, 0.1) is 0 Å². The Hall–Kier alpha value is -1.80. The third kappa shape index (κ3) is 5.24. The van der Waals surface area contributed by atoms with Gasteiger partial charge in [0.25, 0.3) is 0 Å². The minimum absolute atomic E-state index is 0.634. The maximum atomic E-state index is 3.43. The molecule has 0 saturated heterocycles. The number of para-hydroxylation sites is 1. The minimum atomic E-state index is 0.634. The Morgan fingerprint density at radius 3 is 2.33 bits per heavy atom. The Morgan fingerprint density at radius 2 is 1.81 bits per heavy atom. The number of hydrogen-bond donors (Lipinski definition) is 2. The Labute approximate surface area is 129 Å². The van der Waals surface area contributed by atoms with Gasteiger partial charge in [-0.25, -0.2) is 0 Å². The van der Waals surface area contributed by atoms with Crippen molar-refractivity contribution in [1.29, 1.82) is 0 Å². The number of nitrogens with one attached hydrogen (secondary N) is 2. The summed E-state index contributed by atoms with van der Waals surface area (Å²) >= 11 is 0. The highest BCUT2D eigenvalue weighted by Gasteiger charge is 2.05. The van der Waals surface area contributed by atoms with E-state index in [-0.39, 0.29) is 0 Å². The van der Waals surface area contributed by atoms with Crippen LogP contribution in [0, 0.1) is 0 Å². The Morgan fingerprint density at radius 1 is 1.14 bits per heavy atom. The zero-order valence-corrected chi connectivity index (χ0v) is 13.9. The van der Waals surface area contributed by atoms with E-state index in [1.165, 1.54) is 22.2 Å². The molecule has 21 heavy (non-hydrogen) atoms. The summed E-state index contributed by atoms with van der Waals surface area (Å²) in [5.41, 5.74) is 3.84. The van der Waals surface area contributed by atoms with Gasteiger partial charge in [0, 0.05) is 17.3 Å². The molecule has 0 saturated carbocycles. The second-order valence-corrected chi connectivity index (χ2v) is 5.04. The molecule has 0 aliphatic heterocycles. The molecule has 0 fully saturated rings. The summed E-state index contributed by atoms with van der Waals surface area (Å²) in [5.74, 6) is 0. The third-order valence-corrected chi connectivity index (χ3v) is 3.22. The first-order chi connectivity index (χ1) is 10.2. The molecular formula is C19H28N2. The van der Waals surface area contributed by atoms with Crippen molar-refractivity contribution in [2.24, 2.45) is 0 Å². The molecule has 2 heteroatoms. The van der Waals surface area contributed by atoms with Gasteiger partial charge in [0.15, 0.2) is 0 Å². The van der Waals surface area contributed by atoms with Crippen LogP contribution in [0.2, 0.25) is 0 Å². The fourth-order valence-electron chi connectivity index (χ4n) is 1.89. The molecule has 114 valence electrons. The summed E-state index contributed by atoms with van der Waals surface area (Å²) in [6, 6.07) is 11.2. The lowest BCUT2D eigenvalue weighted by Crippen LogP contribution is -2.15. The van der Waals surface area contributed by atoms with Crippen molar-refractivity contribution in [2.45, 2.75) is 40.2 Å². The number of H-pyrrole nitrogens is 1. The molecule has 1 heterocycles. The molecule has 0 radical (unpaired) electrons. The van der Waals surface area contributed by atoms with E-state index in [1.807, 2.05) is 20.9 Å².